The Balaban J connectivity index is 1.62. The van der Waals surface area contributed by atoms with Gasteiger partial charge in [0.1, 0.15) is 0 Å². The molecule has 0 unspecified atom stereocenters. The van der Waals surface area contributed by atoms with Gasteiger partial charge in [0, 0.05) is 20.8 Å². The molecule has 0 bridgehead atoms. The molecule has 0 saturated carbocycles. The highest BCUT2D eigenvalue weighted by Gasteiger charge is 2.27. The largest absolute Gasteiger partial charge is 0.335 e. The third-order valence-electron chi connectivity index (χ3n) is 3.77. The first-order chi connectivity index (χ1) is 10.1. The molecule has 2 heterocycles. The van der Waals surface area contributed by atoms with Gasteiger partial charge in [0.15, 0.2) is 0 Å². The van der Waals surface area contributed by atoms with E-state index in [-0.39, 0.29) is 11.9 Å². The van der Waals surface area contributed by atoms with Gasteiger partial charge in [-0.25, -0.2) is 0 Å². The average molecular weight is 382 g/mol. The zero-order chi connectivity index (χ0) is 14.8. The molecular formula is C16H16BrNOS2. The molecule has 0 saturated heterocycles. The van der Waals surface area contributed by atoms with Crippen LogP contribution in [0.4, 0.5) is 0 Å². The Hall–Kier alpha value is -0.780. The lowest BCUT2D eigenvalue weighted by atomic mass is 10.0. The van der Waals surface area contributed by atoms with Gasteiger partial charge >= 0.3 is 0 Å². The first-order valence-electron chi connectivity index (χ1n) is 6.89. The van der Waals surface area contributed by atoms with Crippen molar-refractivity contribution < 1.29 is 4.79 Å². The third-order valence-corrected chi connectivity index (χ3v) is 6.30. The van der Waals surface area contributed by atoms with Gasteiger partial charge in [-0.15, -0.1) is 23.1 Å². The number of amides is 1. The number of nitrogens with zero attached hydrogens (tertiary/aromatic N) is 1. The molecule has 2 aromatic rings. The molecule has 1 aromatic heterocycles. The minimum Gasteiger partial charge on any atom is -0.335 e. The zero-order valence-corrected chi connectivity index (χ0v) is 14.9. The molecule has 5 heteroatoms. The van der Waals surface area contributed by atoms with Gasteiger partial charge < -0.3 is 4.90 Å². The number of halogens is 1. The summed E-state index contributed by atoms with van der Waals surface area (Å²) in [5.74, 6) is 0.734. The van der Waals surface area contributed by atoms with Crippen LogP contribution in [0.3, 0.4) is 0 Å². The normalized spacial score (nSPS) is 17.6. The Morgan fingerprint density at radius 2 is 2.14 bits per heavy atom. The molecule has 0 fully saturated rings. The molecule has 0 spiro atoms. The summed E-state index contributed by atoms with van der Waals surface area (Å²) in [6.07, 6.45) is 0.992. The lowest BCUT2D eigenvalue weighted by Crippen LogP contribution is -2.39. The van der Waals surface area contributed by atoms with Crippen LogP contribution in [-0.2, 0) is 11.2 Å². The van der Waals surface area contributed by atoms with E-state index in [4.69, 9.17) is 0 Å². The molecule has 3 rings (SSSR count). The van der Waals surface area contributed by atoms with E-state index in [1.165, 1.54) is 10.4 Å². The number of hydrogen-bond acceptors (Lipinski definition) is 3. The number of hydrogen-bond donors (Lipinski definition) is 0. The van der Waals surface area contributed by atoms with Crippen LogP contribution in [0.25, 0.3) is 0 Å². The van der Waals surface area contributed by atoms with E-state index in [1.807, 2.05) is 29.2 Å². The van der Waals surface area contributed by atoms with Crippen molar-refractivity contribution in [3.63, 3.8) is 0 Å². The number of carbonyl (C=O) groups excluding carboxylic acids is 1. The molecule has 21 heavy (non-hydrogen) atoms. The summed E-state index contributed by atoms with van der Waals surface area (Å²) in [6, 6.07) is 10.5. The van der Waals surface area contributed by atoms with Crippen molar-refractivity contribution in [1.82, 2.24) is 4.90 Å². The van der Waals surface area contributed by atoms with Crippen LogP contribution in [-0.4, -0.2) is 23.1 Å². The summed E-state index contributed by atoms with van der Waals surface area (Å²) in [5.41, 5.74) is 1.33. The van der Waals surface area contributed by atoms with Crippen molar-refractivity contribution in [2.45, 2.75) is 24.3 Å². The Labute approximate surface area is 141 Å². The minimum atomic E-state index is 0.206. The van der Waals surface area contributed by atoms with E-state index >= 15 is 0 Å². The zero-order valence-electron chi connectivity index (χ0n) is 11.7. The first kappa shape index (κ1) is 15.1. The highest BCUT2D eigenvalue weighted by atomic mass is 79.9. The van der Waals surface area contributed by atoms with E-state index in [9.17, 15) is 4.79 Å². The second kappa shape index (κ2) is 6.55. The van der Waals surface area contributed by atoms with E-state index in [1.54, 1.807) is 23.1 Å². The fourth-order valence-electron chi connectivity index (χ4n) is 2.61. The molecule has 2 nitrogen and oxygen atoms in total. The molecular weight excluding hydrogens is 366 g/mol. The maximum Gasteiger partial charge on any atom is 0.233 e. The van der Waals surface area contributed by atoms with Crippen LogP contribution in [0.5, 0.6) is 0 Å². The van der Waals surface area contributed by atoms with Crippen LogP contribution in [0.1, 0.15) is 23.4 Å². The van der Waals surface area contributed by atoms with Crippen molar-refractivity contribution in [1.29, 1.82) is 0 Å². The molecule has 0 aliphatic carbocycles. The monoisotopic (exact) mass is 381 g/mol. The molecule has 1 atom stereocenters. The fraction of sp³-hybridized carbons (Fsp3) is 0.312. The van der Waals surface area contributed by atoms with Crippen molar-refractivity contribution in [3.05, 3.63) is 50.6 Å². The first-order valence-corrected chi connectivity index (χ1v) is 9.55. The molecule has 110 valence electrons. The Kier molecular flexibility index (Phi) is 4.72. The van der Waals surface area contributed by atoms with Crippen molar-refractivity contribution in [2.75, 3.05) is 12.3 Å². The Bertz CT molecular complexity index is 638. The second-order valence-electron chi connectivity index (χ2n) is 5.05. The summed E-state index contributed by atoms with van der Waals surface area (Å²) in [4.78, 5) is 17.1. The average Bonchev–Trinajstić information content (AvgIpc) is 2.96. The van der Waals surface area contributed by atoms with Crippen molar-refractivity contribution in [3.8, 4) is 0 Å². The van der Waals surface area contributed by atoms with Gasteiger partial charge in [0.05, 0.1) is 11.8 Å². The molecule has 1 aliphatic heterocycles. The fourth-order valence-corrected chi connectivity index (χ4v) is 4.62. The lowest BCUT2D eigenvalue weighted by Gasteiger charge is -2.33. The van der Waals surface area contributed by atoms with Gasteiger partial charge in [0.2, 0.25) is 5.91 Å². The number of fused-ring (bicyclic) bond motifs is 1. The van der Waals surface area contributed by atoms with Gasteiger partial charge in [-0.05, 0) is 54.6 Å². The van der Waals surface area contributed by atoms with Crippen molar-refractivity contribution in [2.24, 2.45) is 0 Å². The molecule has 1 aliphatic rings. The standard InChI is InChI=1S/C16H16BrNOS2/c1-11-14-7-9-20-15(14)6-8-18(11)16(19)10-21-13-4-2-12(17)3-5-13/h2-5,7,9,11H,6,8,10H2,1H3/t11-/m0/s1. The Morgan fingerprint density at radius 1 is 1.38 bits per heavy atom. The summed E-state index contributed by atoms with van der Waals surface area (Å²) in [7, 11) is 0. The van der Waals surface area contributed by atoms with Gasteiger partial charge in [0.25, 0.3) is 0 Å². The number of rotatable bonds is 3. The van der Waals surface area contributed by atoms with Gasteiger partial charge in [-0.1, -0.05) is 15.9 Å². The maximum absolute atomic E-state index is 12.5. The minimum absolute atomic E-state index is 0.206. The molecule has 1 amide bonds. The van der Waals surface area contributed by atoms with E-state index < -0.39 is 0 Å². The van der Waals surface area contributed by atoms with Gasteiger partial charge in [-0.2, -0.15) is 0 Å². The van der Waals surface area contributed by atoms with Crippen LogP contribution in [0, 0.1) is 0 Å². The lowest BCUT2D eigenvalue weighted by molar-refractivity contribution is -0.130. The van der Waals surface area contributed by atoms with Crippen molar-refractivity contribution >= 4 is 44.9 Å². The third kappa shape index (κ3) is 3.35. The topological polar surface area (TPSA) is 20.3 Å². The second-order valence-corrected chi connectivity index (χ2v) is 8.02. The SMILES string of the molecule is C[C@H]1c2ccsc2CCN1C(=O)CSc1ccc(Br)cc1. The quantitative estimate of drug-likeness (QED) is 0.714. The van der Waals surface area contributed by atoms with Crippen LogP contribution < -0.4 is 0 Å². The smallest absolute Gasteiger partial charge is 0.233 e. The number of carbonyl (C=O) groups is 1. The highest BCUT2D eigenvalue weighted by Crippen LogP contribution is 2.33. The van der Waals surface area contributed by atoms with E-state index in [2.05, 4.69) is 34.3 Å². The number of thiophene rings is 1. The van der Waals surface area contributed by atoms with Crippen LogP contribution >= 0.6 is 39.0 Å². The van der Waals surface area contributed by atoms with E-state index in [0.29, 0.717) is 5.75 Å². The van der Waals surface area contributed by atoms with Crippen LogP contribution in [0.2, 0.25) is 0 Å². The van der Waals surface area contributed by atoms with E-state index in [0.717, 1.165) is 22.3 Å². The molecule has 1 aromatic carbocycles. The summed E-state index contributed by atoms with van der Waals surface area (Å²) in [6.45, 7) is 2.97. The summed E-state index contributed by atoms with van der Waals surface area (Å²) < 4.78 is 1.06. The number of thioether (sulfide) groups is 1. The molecule has 0 N–H and O–H groups in total. The number of benzene rings is 1. The van der Waals surface area contributed by atoms with Gasteiger partial charge in [-0.3, -0.25) is 4.79 Å². The Morgan fingerprint density at radius 3 is 2.90 bits per heavy atom. The highest BCUT2D eigenvalue weighted by molar-refractivity contribution is 9.10. The van der Waals surface area contributed by atoms with Crippen LogP contribution in [0.15, 0.2) is 45.1 Å². The molecule has 0 radical (unpaired) electrons. The summed E-state index contributed by atoms with van der Waals surface area (Å²) in [5, 5.41) is 2.13. The maximum atomic E-state index is 12.5. The predicted molar refractivity (Wildman–Crippen MR) is 93.0 cm³/mol. The predicted octanol–water partition coefficient (Wildman–Crippen LogP) is 4.75. The summed E-state index contributed by atoms with van der Waals surface area (Å²) >= 11 is 6.84.